The molecule has 0 aliphatic rings. The third kappa shape index (κ3) is 3.81. The second-order valence-electron chi connectivity index (χ2n) is 3.24. The van der Waals surface area contributed by atoms with Crippen LogP contribution in [0.3, 0.4) is 0 Å². The van der Waals surface area contributed by atoms with Crippen molar-refractivity contribution in [3.05, 3.63) is 16.0 Å². The summed E-state index contributed by atoms with van der Waals surface area (Å²) in [6.07, 6.45) is 3.90. The van der Waals surface area contributed by atoms with Crippen molar-refractivity contribution < 1.29 is 4.79 Å². The fourth-order valence-corrected chi connectivity index (χ4v) is 1.75. The van der Waals surface area contributed by atoms with Gasteiger partial charge in [-0.1, -0.05) is 0 Å². The van der Waals surface area contributed by atoms with E-state index >= 15 is 0 Å². The standard InChI is InChI=1S/C10H13IN4O/c1-2-14(5-3-4-12)10(16)8-15-7-9(11)6-13-15/h6-7H,2-3,5,8H2,1H3. The van der Waals surface area contributed by atoms with Gasteiger partial charge in [0.15, 0.2) is 0 Å². The third-order valence-corrected chi connectivity index (χ3v) is 2.68. The highest BCUT2D eigenvalue weighted by Crippen LogP contribution is 2.02. The smallest absolute Gasteiger partial charge is 0.244 e. The number of aromatic nitrogens is 2. The number of hydrogen-bond acceptors (Lipinski definition) is 3. The third-order valence-electron chi connectivity index (χ3n) is 2.13. The normalized spacial score (nSPS) is 9.81. The first kappa shape index (κ1) is 13.0. The van der Waals surface area contributed by atoms with Gasteiger partial charge in [-0.05, 0) is 29.5 Å². The molecule has 0 radical (unpaired) electrons. The lowest BCUT2D eigenvalue weighted by Crippen LogP contribution is -2.34. The van der Waals surface area contributed by atoms with E-state index in [2.05, 4.69) is 27.7 Å². The van der Waals surface area contributed by atoms with Crippen LogP contribution in [0.4, 0.5) is 0 Å². The number of nitriles is 1. The zero-order valence-electron chi connectivity index (χ0n) is 9.06. The Bertz CT molecular complexity index is 396. The fraction of sp³-hybridized carbons (Fsp3) is 0.500. The number of carbonyl (C=O) groups is 1. The van der Waals surface area contributed by atoms with Crippen LogP contribution in [0.2, 0.25) is 0 Å². The van der Waals surface area contributed by atoms with E-state index in [0.29, 0.717) is 19.5 Å². The number of amides is 1. The molecule has 0 unspecified atom stereocenters. The highest BCUT2D eigenvalue weighted by atomic mass is 127. The first-order valence-electron chi connectivity index (χ1n) is 5.00. The minimum absolute atomic E-state index is 0.00255. The quantitative estimate of drug-likeness (QED) is 0.763. The summed E-state index contributed by atoms with van der Waals surface area (Å²) in [5, 5.41) is 12.5. The molecule has 0 saturated carbocycles. The topological polar surface area (TPSA) is 61.9 Å². The van der Waals surface area contributed by atoms with Gasteiger partial charge in [0, 0.05) is 19.3 Å². The first-order valence-corrected chi connectivity index (χ1v) is 6.08. The molecule has 86 valence electrons. The molecular weight excluding hydrogens is 319 g/mol. The van der Waals surface area contributed by atoms with E-state index in [-0.39, 0.29) is 12.5 Å². The van der Waals surface area contributed by atoms with Gasteiger partial charge in [0.05, 0.1) is 22.3 Å². The Morgan fingerprint density at radius 1 is 1.75 bits per heavy atom. The van der Waals surface area contributed by atoms with Gasteiger partial charge in [0.2, 0.25) is 5.91 Å². The lowest BCUT2D eigenvalue weighted by atomic mass is 10.4. The molecule has 1 amide bonds. The molecule has 0 aliphatic carbocycles. The van der Waals surface area contributed by atoms with Crippen LogP contribution in [0, 0.1) is 14.9 Å². The molecule has 1 aromatic rings. The number of rotatable bonds is 5. The highest BCUT2D eigenvalue weighted by molar-refractivity contribution is 14.1. The lowest BCUT2D eigenvalue weighted by Gasteiger charge is -2.19. The molecule has 1 rings (SSSR count). The molecule has 5 nitrogen and oxygen atoms in total. The van der Waals surface area contributed by atoms with Crippen molar-refractivity contribution in [2.45, 2.75) is 19.9 Å². The summed E-state index contributed by atoms with van der Waals surface area (Å²) in [6.45, 7) is 3.26. The second kappa shape index (κ2) is 6.48. The number of nitrogens with zero attached hydrogens (tertiary/aromatic N) is 4. The zero-order chi connectivity index (χ0) is 12.0. The highest BCUT2D eigenvalue weighted by Gasteiger charge is 2.12. The summed E-state index contributed by atoms with van der Waals surface area (Å²) in [7, 11) is 0. The van der Waals surface area contributed by atoms with Crippen LogP contribution < -0.4 is 0 Å². The SMILES string of the molecule is CCN(CCC#N)C(=O)Cn1cc(I)cn1. The van der Waals surface area contributed by atoms with Crippen LogP contribution in [0.25, 0.3) is 0 Å². The van der Waals surface area contributed by atoms with Crippen LogP contribution in [0.15, 0.2) is 12.4 Å². The molecule has 0 aliphatic heterocycles. The van der Waals surface area contributed by atoms with Crippen LogP contribution >= 0.6 is 22.6 Å². The van der Waals surface area contributed by atoms with Gasteiger partial charge in [0.25, 0.3) is 0 Å². The summed E-state index contributed by atoms with van der Waals surface area (Å²) in [5.74, 6) is -0.00255. The largest absolute Gasteiger partial charge is 0.340 e. The molecule has 0 spiro atoms. The average molecular weight is 332 g/mol. The van der Waals surface area contributed by atoms with Gasteiger partial charge >= 0.3 is 0 Å². The van der Waals surface area contributed by atoms with Gasteiger partial charge < -0.3 is 4.90 Å². The number of halogens is 1. The molecule has 0 aromatic carbocycles. The van der Waals surface area contributed by atoms with Crippen molar-refractivity contribution in [3.63, 3.8) is 0 Å². The summed E-state index contributed by atoms with van der Waals surface area (Å²) in [6, 6.07) is 2.04. The van der Waals surface area contributed by atoms with Crippen LogP contribution in [-0.2, 0) is 11.3 Å². The van der Waals surface area contributed by atoms with Gasteiger partial charge in [0.1, 0.15) is 6.54 Å². The van der Waals surface area contributed by atoms with E-state index in [1.807, 2.05) is 19.2 Å². The van der Waals surface area contributed by atoms with Gasteiger partial charge in [-0.15, -0.1) is 0 Å². The van der Waals surface area contributed by atoms with Crippen molar-refractivity contribution >= 4 is 28.5 Å². The van der Waals surface area contributed by atoms with E-state index < -0.39 is 0 Å². The van der Waals surface area contributed by atoms with E-state index in [9.17, 15) is 4.79 Å². The summed E-state index contributed by atoms with van der Waals surface area (Å²) >= 11 is 2.15. The molecule has 16 heavy (non-hydrogen) atoms. The van der Waals surface area contributed by atoms with Crippen molar-refractivity contribution in [3.8, 4) is 6.07 Å². The molecule has 6 heteroatoms. The van der Waals surface area contributed by atoms with Crippen LogP contribution in [0.5, 0.6) is 0 Å². The molecule has 0 atom stereocenters. The number of carbonyl (C=O) groups excluding carboxylic acids is 1. The maximum atomic E-state index is 11.8. The molecule has 1 heterocycles. The van der Waals surface area contributed by atoms with Crippen LogP contribution in [0.1, 0.15) is 13.3 Å². The van der Waals surface area contributed by atoms with E-state index in [0.717, 1.165) is 3.57 Å². The predicted molar refractivity (Wildman–Crippen MR) is 67.4 cm³/mol. The monoisotopic (exact) mass is 332 g/mol. The maximum Gasteiger partial charge on any atom is 0.244 e. The predicted octanol–water partition coefficient (Wildman–Crippen LogP) is 1.25. The molecule has 0 N–H and O–H groups in total. The first-order chi connectivity index (χ1) is 7.67. The lowest BCUT2D eigenvalue weighted by molar-refractivity contribution is -0.131. The summed E-state index contributed by atoms with van der Waals surface area (Å²) < 4.78 is 2.62. The Labute approximate surface area is 108 Å². The fourth-order valence-electron chi connectivity index (χ4n) is 1.31. The van der Waals surface area contributed by atoms with Crippen LogP contribution in [-0.4, -0.2) is 33.7 Å². The Kier molecular flexibility index (Phi) is 5.25. The number of hydrogen-bond donors (Lipinski definition) is 0. The molecule has 0 saturated heterocycles. The van der Waals surface area contributed by atoms with E-state index in [1.165, 1.54) is 0 Å². The Balaban J connectivity index is 2.53. The van der Waals surface area contributed by atoms with Gasteiger partial charge in [-0.2, -0.15) is 10.4 Å². The Morgan fingerprint density at radius 3 is 3.00 bits per heavy atom. The molecular formula is C10H13IN4O. The van der Waals surface area contributed by atoms with Crippen molar-refractivity contribution in [1.29, 1.82) is 5.26 Å². The van der Waals surface area contributed by atoms with E-state index in [1.54, 1.807) is 15.8 Å². The van der Waals surface area contributed by atoms with Crippen molar-refractivity contribution in [2.75, 3.05) is 13.1 Å². The van der Waals surface area contributed by atoms with Gasteiger partial charge in [-0.25, -0.2) is 0 Å². The van der Waals surface area contributed by atoms with E-state index in [4.69, 9.17) is 5.26 Å². The Hall–Kier alpha value is -1.10. The molecule has 1 aromatic heterocycles. The molecule has 0 fully saturated rings. The summed E-state index contributed by atoms with van der Waals surface area (Å²) in [4.78, 5) is 13.5. The Morgan fingerprint density at radius 2 is 2.50 bits per heavy atom. The molecule has 0 bridgehead atoms. The van der Waals surface area contributed by atoms with Crippen molar-refractivity contribution in [1.82, 2.24) is 14.7 Å². The maximum absolute atomic E-state index is 11.8. The minimum Gasteiger partial charge on any atom is -0.340 e. The zero-order valence-corrected chi connectivity index (χ0v) is 11.2. The average Bonchev–Trinajstić information content (AvgIpc) is 2.65. The second-order valence-corrected chi connectivity index (χ2v) is 4.48. The van der Waals surface area contributed by atoms with Gasteiger partial charge in [-0.3, -0.25) is 9.48 Å². The summed E-state index contributed by atoms with van der Waals surface area (Å²) in [5.41, 5.74) is 0. The minimum atomic E-state index is -0.00255. The van der Waals surface area contributed by atoms with Crippen molar-refractivity contribution in [2.24, 2.45) is 0 Å². The number of likely N-dealkylation sites (N-methyl/N-ethyl adjacent to an activating group) is 1.